The second-order valence-electron chi connectivity index (χ2n) is 6.19. The van der Waals surface area contributed by atoms with Crippen molar-refractivity contribution >= 4 is 22.2 Å². The van der Waals surface area contributed by atoms with E-state index in [4.69, 9.17) is 0 Å². The lowest BCUT2D eigenvalue weighted by Gasteiger charge is -2.37. The molecule has 1 aliphatic carbocycles. The molecule has 3 aromatic rings. The molecule has 0 aliphatic heterocycles. The molecule has 1 saturated carbocycles. The number of pyridine rings is 1. The molecular weight excluding hydrogens is 324 g/mol. The molecule has 4 rings (SSSR count). The molecular formula is C17H18N4O2S. The largest absolute Gasteiger partial charge is 0.393 e. The number of imidazole rings is 1. The Hall–Kier alpha value is -2.25. The summed E-state index contributed by atoms with van der Waals surface area (Å²) in [5.74, 6) is 0.0421. The molecule has 3 aromatic heterocycles. The highest BCUT2D eigenvalue weighted by molar-refractivity contribution is 7.15. The van der Waals surface area contributed by atoms with Crippen molar-refractivity contribution in [2.24, 2.45) is 5.92 Å². The summed E-state index contributed by atoms with van der Waals surface area (Å²) in [6.45, 7) is 1.84. The van der Waals surface area contributed by atoms with Crippen LogP contribution in [-0.4, -0.2) is 31.5 Å². The zero-order chi connectivity index (χ0) is 16.7. The lowest BCUT2D eigenvalue weighted by molar-refractivity contribution is 0.0227. The predicted molar refractivity (Wildman–Crippen MR) is 91.0 cm³/mol. The van der Waals surface area contributed by atoms with Crippen molar-refractivity contribution in [2.45, 2.75) is 31.9 Å². The zero-order valence-corrected chi connectivity index (χ0v) is 14.0. The van der Waals surface area contributed by atoms with E-state index in [0.717, 1.165) is 10.7 Å². The number of hydrogen-bond acceptors (Lipinski definition) is 5. The van der Waals surface area contributed by atoms with Gasteiger partial charge in [-0.2, -0.15) is 0 Å². The third-order valence-electron chi connectivity index (χ3n) is 4.57. The number of rotatable bonds is 4. The van der Waals surface area contributed by atoms with E-state index in [-0.39, 0.29) is 24.0 Å². The summed E-state index contributed by atoms with van der Waals surface area (Å²) in [4.78, 5) is 22.5. The molecule has 1 fully saturated rings. The average Bonchev–Trinajstić information content (AvgIpc) is 3.10. The minimum Gasteiger partial charge on any atom is -0.393 e. The van der Waals surface area contributed by atoms with Crippen molar-refractivity contribution in [3.63, 3.8) is 0 Å². The number of carbonyl (C=O) groups is 1. The molecule has 1 aliphatic rings. The highest BCUT2D eigenvalue weighted by Gasteiger charge is 2.37. The lowest BCUT2D eigenvalue weighted by atomic mass is 9.76. The van der Waals surface area contributed by atoms with Crippen molar-refractivity contribution in [1.29, 1.82) is 0 Å². The number of thiazole rings is 1. The zero-order valence-electron chi connectivity index (χ0n) is 13.2. The average molecular weight is 342 g/mol. The van der Waals surface area contributed by atoms with Gasteiger partial charge in [0, 0.05) is 17.8 Å². The summed E-state index contributed by atoms with van der Waals surface area (Å²) < 4.78 is 1.82. The Bertz CT molecular complexity index is 867. The lowest BCUT2D eigenvalue weighted by Crippen LogP contribution is -2.42. The van der Waals surface area contributed by atoms with Crippen LogP contribution in [0.25, 0.3) is 4.96 Å². The van der Waals surface area contributed by atoms with E-state index in [9.17, 15) is 9.90 Å². The van der Waals surface area contributed by atoms with Crippen LogP contribution in [0.3, 0.4) is 0 Å². The Morgan fingerprint density at radius 3 is 3.00 bits per heavy atom. The molecule has 1 amide bonds. The highest BCUT2D eigenvalue weighted by Crippen LogP contribution is 2.37. The van der Waals surface area contributed by atoms with Gasteiger partial charge in [-0.3, -0.25) is 14.2 Å². The number of nitrogens with zero attached hydrogens (tertiary/aromatic N) is 3. The number of hydrogen-bond donors (Lipinski definition) is 2. The van der Waals surface area contributed by atoms with Gasteiger partial charge in [-0.25, -0.2) is 4.98 Å². The predicted octanol–water partition coefficient (Wildman–Crippen LogP) is 2.34. The standard InChI is InChI=1S/C17H18N4O2S/c1-10-15(21-6-7-24-17(21)19-10)16(23)20-14(11-8-12(22)9-11)13-4-2-3-5-18-13/h2-7,11-12,14,22H,8-9H2,1H3,(H,20,23). The van der Waals surface area contributed by atoms with E-state index in [1.165, 1.54) is 11.3 Å². The smallest absolute Gasteiger partial charge is 0.270 e. The van der Waals surface area contributed by atoms with Crippen LogP contribution in [0.4, 0.5) is 0 Å². The number of aliphatic hydroxyl groups is 1. The Morgan fingerprint density at radius 1 is 1.46 bits per heavy atom. The van der Waals surface area contributed by atoms with E-state index in [1.54, 1.807) is 6.20 Å². The second-order valence-corrected chi connectivity index (χ2v) is 7.07. The summed E-state index contributed by atoms with van der Waals surface area (Å²) in [6.07, 6.45) is 4.67. The molecule has 0 aromatic carbocycles. The molecule has 7 heteroatoms. The van der Waals surface area contributed by atoms with Crippen LogP contribution in [0.2, 0.25) is 0 Å². The first-order valence-corrected chi connectivity index (χ1v) is 8.83. The summed E-state index contributed by atoms with van der Waals surface area (Å²) >= 11 is 1.50. The van der Waals surface area contributed by atoms with Gasteiger partial charge >= 0.3 is 0 Å². The van der Waals surface area contributed by atoms with Crippen molar-refractivity contribution < 1.29 is 9.90 Å². The molecule has 0 saturated heterocycles. The van der Waals surface area contributed by atoms with Crippen molar-refractivity contribution in [2.75, 3.05) is 0 Å². The molecule has 1 unspecified atom stereocenters. The van der Waals surface area contributed by atoms with Crippen LogP contribution in [0.1, 0.15) is 40.8 Å². The highest BCUT2D eigenvalue weighted by atomic mass is 32.1. The number of aromatic nitrogens is 3. The molecule has 0 bridgehead atoms. The number of nitrogens with one attached hydrogen (secondary N) is 1. The number of aryl methyl sites for hydroxylation is 1. The Balaban J connectivity index is 1.63. The summed E-state index contributed by atoms with van der Waals surface area (Å²) in [5, 5.41) is 14.7. The van der Waals surface area contributed by atoms with Gasteiger partial charge in [0.1, 0.15) is 5.69 Å². The summed E-state index contributed by atoms with van der Waals surface area (Å²) in [5.41, 5.74) is 2.10. The maximum atomic E-state index is 12.9. The molecule has 1 atom stereocenters. The van der Waals surface area contributed by atoms with Gasteiger partial charge in [-0.1, -0.05) is 6.07 Å². The fourth-order valence-corrected chi connectivity index (χ4v) is 4.03. The van der Waals surface area contributed by atoms with E-state index in [1.807, 2.05) is 41.1 Å². The maximum absolute atomic E-state index is 12.9. The molecule has 0 spiro atoms. The summed E-state index contributed by atoms with van der Waals surface area (Å²) in [6, 6.07) is 5.48. The quantitative estimate of drug-likeness (QED) is 0.763. The normalized spacial score (nSPS) is 21.4. The van der Waals surface area contributed by atoms with Crippen molar-refractivity contribution in [1.82, 2.24) is 19.7 Å². The third-order valence-corrected chi connectivity index (χ3v) is 5.32. The Labute approximate surface area is 143 Å². The topological polar surface area (TPSA) is 79.5 Å². The SMILES string of the molecule is Cc1nc2sccn2c1C(=O)NC(c1ccccn1)C1CC(O)C1. The monoisotopic (exact) mass is 342 g/mol. The summed E-state index contributed by atoms with van der Waals surface area (Å²) in [7, 11) is 0. The van der Waals surface area contributed by atoms with Crippen LogP contribution in [-0.2, 0) is 0 Å². The van der Waals surface area contributed by atoms with Gasteiger partial charge in [-0.15, -0.1) is 11.3 Å². The number of fused-ring (bicyclic) bond motifs is 1. The van der Waals surface area contributed by atoms with Gasteiger partial charge in [0.15, 0.2) is 4.96 Å². The van der Waals surface area contributed by atoms with Gasteiger partial charge < -0.3 is 10.4 Å². The van der Waals surface area contributed by atoms with E-state index >= 15 is 0 Å². The number of amides is 1. The molecule has 6 nitrogen and oxygen atoms in total. The fourth-order valence-electron chi connectivity index (χ4n) is 3.27. The first-order chi connectivity index (χ1) is 11.6. The van der Waals surface area contributed by atoms with Crippen molar-refractivity contribution in [3.8, 4) is 0 Å². The molecule has 3 heterocycles. The van der Waals surface area contributed by atoms with Crippen LogP contribution >= 0.6 is 11.3 Å². The Kier molecular flexibility index (Phi) is 3.82. The van der Waals surface area contributed by atoms with Crippen LogP contribution in [0.5, 0.6) is 0 Å². The Morgan fingerprint density at radius 2 is 2.29 bits per heavy atom. The van der Waals surface area contributed by atoms with Gasteiger partial charge in [-0.05, 0) is 37.8 Å². The number of aliphatic hydroxyl groups excluding tert-OH is 1. The van der Waals surface area contributed by atoms with Gasteiger partial charge in [0.05, 0.1) is 23.5 Å². The molecule has 24 heavy (non-hydrogen) atoms. The van der Waals surface area contributed by atoms with Gasteiger partial charge in [0.25, 0.3) is 5.91 Å². The van der Waals surface area contributed by atoms with E-state index in [2.05, 4.69) is 15.3 Å². The molecule has 2 N–H and O–H groups in total. The van der Waals surface area contributed by atoms with Crippen molar-refractivity contribution in [3.05, 3.63) is 53.1 Å². The molecule has 124 valence electrons. The molecule has 0 radical (unpaired) electrons. The van der Waals surface area contributed by atoms with Crippen LogP contribution in [0, 0.1) is 12.8 Å². The van der Waals surface area contributed by atoms with Crippen LogP contribution in [0.15, 0.2) is 36.0 Å². The van der Waals surface area contributed by atoms with Gasteiger partial charge in [0.2, 0.25) is 0 Å². The van der Waals surface area contributed by atoms with Crippen LogP contribution < -0.4 is 5.32 Å². The minimum atomic E-state index is -0.279. The first-order valence-electron chi connectivity index (χ1n) is 7.95. The third kappa shape index (κ3) is 2.59. The second kappa shape index (κ2) is 5.99. The first kappa shape index (κ1) is 15.3. The van der Waals surface area contributed by atoms with E-state index < -0.39 is 0 Å². The van der Waals surface area contributed by atoms with E-state index in [0.29, 0.717) is 24.2 Å². The maximum Gasteiger partial charge on any atom is 0.270 e. The minimum absolute atomic E-state index is 0.157. The number of carbonyl (C=O) groups excluding carboxylic acids is 1. The fraction of sp³-hybridized carbons (Fsp3) is 0.353.